The molecule has 1 amide bonds. The first-order valence-electron chi connectivity index (χ1n) is 7.19. The Bertz CT molecular complexity index is 265. The molecule has 3 nitrogen and oxygen atoms in total. The van der Waals surface area contributed by atoms with Crippen LogP contribution in [0, 0.1) is 11.3 Å². The fourth-order valence-corrected chi connectivity index (χ4v) is 2.96. The zero-order chi connectivity index (χ0) is 12.3. The summed E-state index contributed by atoms with van der Waals surface area (Å²) >= 11 is 0. The van der Waals surface area contributed by atoms with Gasteiger partial charge in [0.2, 0.25) is 5.91 Å². The van der Waals surface area contributed by atoms with Gasteiger partial charge in [-0.25, -0.2) is 0 Å². The van der Waals surface area contributed by atoms with E-state index in [1.807, 2.05) is 0 Å². The zero-order valence-corrected chi connectivity index (χ0v) is 11.0. The molecule has 2 fully saturated rings. The molecule has 2 saturated carbocycles. The lowest BCUT2D eigenvalue weighted by Gasteiger charge is -2.25. The van der Waals surface area contributed by atoms with Crippen LogP contribution in [0.3, 0.4) is 0 Å². The van der Waals surface area contributed by atoms with Crippen LogP contribution in [-0.4, -0.2) is 18.5 Å². The molecule has 0 aromatic rings. The van der Waals surface area contributed by atoms with Crippen molar-refractivity contribution in [3.63, 3.8) is 0 Å². The van der Waals surface area contributed by atoms with Crippen LogP contribution in [0.2, 0.25) is 0 Å². The van der Waals surface area contributed by atoms with E-state index in [-0.39, 0.29) is 11.3 Å². The van der Waals surface area contributed by atoms with Gasteiger partial charge in [0.15, 0.2) is 0 Å². The Morgan fingerprint density at radius 3 is 2.35 bits per heavy atom. The summed E-state index contributed by atoms with van der Waals surface area (Å²) in [5, 5.41) is 3.21. The first-order valence-corrected chi connectivity index (χ1v) is 7.19. The molecule has 0 aromatic heterocycles. The monoisotopic (exact) mass is 238 g/mol. The lowest BCUT2D eigenvalue weighted by Crippen LogP contribution is -2.44. The fraction of sp³-hybridized carbons (Fsp3) is 0.929. The lowest BCUT2D eigenvalue weighted by molar-refractivity contribution is -0.127. The van der Waals surface area contributed by atoms with Gasteiger partial charge in [0.25, 0.3) is 0 Å². The molecule has 98 valence electrons. The number of nitrogens with two attached hydrogens (primary N) is 1. The zero-order valence-electron chi connectivity index (χ0n) is 11.0. The van der Waals surface area contributed by atoms with Crippen LogP contribution in [0.4, 0.5) is 0 Å². The number of rotatable bonds is 4. The summed E-state index contributed by atoms with van der Waals surface area (Å²) in [6.45, 7) is 2.68. The molecule has 3 N–H and O–H groups in total. The van der Waals surface area contributed by atoms with E-state index < -0.39 is 0 Å². The van der Waals surface area contributed by atoms with Gasteiger partial charge in [0.1, 0.15) is 0 Å². The van der Waals surface area contributed by atoms with Gasteiger partial charge in [0, 0.05) is 12.6 Å². The normalized spacial score (nSPS) is 26.0. The molecule has 1 atom stereocenters. The second-order valence-corrected chi connectivity index (χ2v) is 6.00. The van der Waals surface area contributed by atoms with E-state index in [1.54, 1.807) is 0 Å². The number of nitrogens with one attached hydrogen (secondary N) is 1. The van der Waals surface area contributed by atoms with Crippen molar-refractivity contribution < 1.29 is 4.79 Å². The molecule has 0 aromatic carbocycles. The van der Waals surface area contributed by atoms with Crippen LogP contribution in [0.25, 0.3) is 0 Å². The predicted octanol–water partition coefficient (Wildman–Crippen LogP) is 2.20. The number of hydrogen-bond acceptors (Lipinski definition) is 2. The molecule has 17 heavy (non-hydrogen) atoms. The summed E-state index contributed by atoms with van der Waals surface area (Å²) < 4.78 is 0. The van der Waals surface area contributed by atoms with Crippen molar-refractivity contribution in [3.05, 3.63) is 0 Å². The summed E-state index contributed by atoms with van der Waals surface area (Å²) in [5.74, 6) is 0.881. The van der Waals surface area contributed by atoms with Gasteiger partial charge in [-0.3, -0.25) is 4.79 Å². The van der Waals surface area contributed by atoms with Crippen molar-refractivity contribution in [2.45, 2.75) is 64.3 Å². The minimum absolute atomic E-state index is 0.195. The molecule has 2 rings (SSSR count). The highest BCUT2D eigenvalue weighted by molar-refractivity contribution is 5.85. The maximum atomic E-state index is 12.1. The van der Waals surface area contributed by atoms with Gasteiger partial charge in [-0.15, -0.1) is 0 Å². The molecule has 0 spiro atoms. The van der Waals surface area contributed by atoms with Gasteiger partial charge in [-0.2, -0.15) is 0 Å². The summed E-state index contributed by atoms with van der Waals surface area (Å²) in [6, 6.07) is 0.324. The Morgan fingerprint density at radius 1 is 1.29 bits per heavy atom. The van der Waals surface area contributed by atoms with Crippen LogP contribution in [0.5, 0.6) is 0 Å². The third-order valence-electron chi connectivity index (χ3n) is 4.69. The fourth-order valence-electron chi connectivity index (χ4n) is 2.96. The molecular formula is C14H26N2O. The van der Waals surface area contributed by atoms with E-state index in [2.05, 4.69) is 12.2 Å². The van der Waals surface area contributed by atoms with Gasteiger partial charge >= 0.3 is 0 Å². The third-order valence-corrected chi connectivity index (χ3v) is 4.69. The van der Waals surface area contributed by atoms with E-state index in [0.29, 0.717) is 18.5 Å². The molecule has 0 unspecified atom stereocenters. The molecule has 0 radical (unpaired) electrons. The third kappa shape index (κ3) is 3.01. The van der Waals surface area contributed by atoms with Crippen molar-refractivity contribution in [3.8, 4) is 0 Å². The SMILES string of the molecule is C[C@H](NC(=O)C1(CN)CC1)C1CCCCCC1. The summed E-state index contributed by atoms with van der Waals surface area (Å²) in [4.78, 5) is 12.1. The van der Waals surface area contributed by atoms with Gasteiger partial charge in [-0.1, -0.05) is 25.7 Å². The molecular weight excluding hydrogens is 212 g/mol. The molecule has 0 saturated heterocycles. The number of amides is 1. The summed E-state index contributed by atoms with van der Waals surface area (Å²) in [5.41, 5.74) is 5.49. The number of carbonyl (C=O) groups is 1. The Kier molecular flexibility index (Phi) is 4.08. The van der Waals surface area contributed by atoms with Gasteiger partial charge in [-0.05, 0) is 38.5 Å². The molecule has 0 aliphatic heterocycles. The quantitative estimate of drug-likeness (QED) is 0.738. The second kappa shape index (κ2) is 5.38. The molecule has 0 bridgehead atoms. The van der Waals surface area contributed by atoms with E-state index in [0.717, 1.165) is 12.8 Å². The largest absolute Gasteiger partial charge is 0.353 e. The van der Waals surface area contributed by atoms with Crippen molar-refractivity contribution in [1.82, 2.24) is 5.32 Å². The average molecular weight is 238 g/mol. The van der Waals surface area contributed by atoms with E-state index in [4.69, 9.17) is 5.73 Å². The summed E-state index contributed by atoms with van der Waals surface area (Å²) in [7, 11) is 0. The highest BCUT2D eigenvalue weighted by Gasteiger charge is 2.48. The van der Waals surface area contributed by atoms with Crippen LogP contribution >= 0.6 is 0 Å². The average Bonchev–Trinajstić information content (AvgIpc) is 3.14. The first-order chi connectivity index (χ1) is 8.18. The van der Waals surface area contributed by atoms with Crippen molar-refractivity contribution in [1.29, 1.82) is 0 Å². The Balaban J connectivity index is 1.83. The number of hydrogen-bond donors (Lipinski definition) is 2. The maximum absolute atomic E-state index is 12.1. The van der Waals surface area contributed by atoms with Crippen LogP contribution in [0.1, 0.15) is 58.3 Å². The highest BCUT2D eigenvalue weighted by Crippen LogP contribution is 2.44. The van der Waals surface area contributed by atoms with Crippen molar-refractivity contribution in [2.24, 2.45) is 17.1 Å². The van der Waals surface area contributed by atoms with Crippen molar-refractivity contribution >= 4 is 5.91 Å². The molecule has 2 aliphatic carbocycles. The lowest BCUT2D eigenvalue weighted by atomic mass is 9.92. The number of carbonyl (C=O) groups excluding carboxylic acids is 1. The topological polar surface area (TPSA) is 55.1 Å². The van der Waals surface area contributed by atoms with E-state index in [1.165, 1.54) is 38.5 Å². The Hall–Kier alpha value is -0.570. The minimum Gasteiger partial charge on any atom is -0.353 e. The Morgan fingerprint density at radius 2 is 1.88 bits per heavy atom. The standard InChI is InChI=1S/C14H26N2O/c1-11(12-6-4-2-3-5-7-12)16-13(17)14(10-15)8-9-14/h11-12H,2-10,15H2,1H3,(H,16,17)/t11-/m0/s1. The minimum atomic E-state index is -0.195. The maximum Gasteiger partial charge on any atom is 0.227 e. The second-order valence-electron chi connectivity index (χ2n) is 6.00. The van der Waals surface area contributed by atoms with Gasteiger partial charge in [0.05, 0.1) is 5.41 Å². The van der Waals surface area contributed by atoms with Crippen LogP contribution < -0.4 is 11.1 Å². The van der Waals surface area contributed by atoms with Crippen LogP contribution in [0.15, 0.2) is 0 Å². The first kappa shape index (κ1) is 12.9. The van der Waals surface area contributed by atoms with Crippen LogP contribution in [-0.2, 0) is 4.79 Å². The smallest absolute Gasteiger partial charge is 0.227 e. The van der Waals surface area contributed by atoms with Crippen molar-refractivity contribution in [2.75, 3.05) is 6.54 Å². The van der Waals surface area contributed by atoms with Gasteiger partial charge < -0.3 is 11.1 Å². The van der Waals surface area contributed by atoms with E-state index >= 15 is 0 Å². The molecule has 0 heterocycles. The molecule has 2 aliphatic rings. The highest BCUT2D eigenvalue weighted by atomic mass is 16.2. The Labute approximate surface area is 105 Å². The molecule has 3 heteroatoms. The predicted molar refractivity (Wildman–Crippen MR) is 69.5 cm³/mol. The van der Waals surface area contributed by atoms with E-state index in [9.17, 15) is 4.79 Å². The summed E-state index contributed by atoms with van der Waals surface area (Å²) in [6.07, 6.45) is 9.89.